The van der Waals surface area contributed by atoms with Gasteiger partial charge in [0.2, 0.25) is 0 Å². The maximum atomic E-state index is 8.66. The summed E-state index contributed by atoms with van der Waals surface area (Å²) in [5.41, 5.74) is 7.83. The molecule has 0 fully saturated rings. The van der Waals surface area contributed by atoms with Crippen LogP contribution in [0.5, 0.6) is 0 Å². The van der Waals surface area contributed by atoms with Crippen LogP contribution in [0.1, 0.15) is 26.3 Å². The van der Waals surface area contributed by atoms with Crippen LogP contribution >= 0.6 is 0 Å². The summed E-state index contributed by atoms with van der Waals surface area (Å²) in [6.45, 7) is 6.18. The Morgan fingerprint density at radius 2 is 2.00 bits per heavy atom. The predicted molar refractivity (Wildman–Crippen MR) is 58.9 cm³/mol. The molecule has 3 nitrogen and oxygen atoms in total. The molecule has 0 aliphatic rings. The van der Waals surface area contributed by atoms with Crippen molar-refractivity contribution in [3.05, 3.63) is 23.8 Å². The molecule has 0 saturated heterocycles. The SMILES string of the molecule is CC(C)(C)Nc1ccc(C#N)cc1N. The van der Waals surface area contributed by atoms with Crippen LogP contribution in [-0.4, -0.2) is 5.54 Å². The van der Waals surface area contributed by atoms with E-state index in [1.165, 1.54) is 0 Å². The molecule has 0 radical (unpaired) electrons. The second-order valence-corrected chi connectivity index (χ2v) is 4.29. The summed E-state index contributed by atoms with van der Waals surface area (Å²) < 4.78 is 0. The van der Waals surface area contributed by atoms with Crippen LogP contribution in [0.2, 0.25) is 0 Å². The zero-order valence-corrected chi connectivity index (χ0v) is 8.76. The maximum absolute atomic E-state index is 8.66. The Kier molecular flexibility index (Phi) is 2.66. The molecule has 3 heteroatoms. The Hall–Kier alpha value is -1.69. The summed E-state index contributed by atoms with van der Waals surface area (Å²) in [6.07, 6.45) is 0. The number of hydrogen-bond acceptors (Lipinski definition) is 3. The van der Waals surface area contributed by atoms with E-state index >= 15 is 0 Å². The van der Waals surface area contributed by atoms with Crippen molar-refractivity contribution in [1.82, 2.24) is 0 Å². The lowest BCUT2D eigenvalue weighted by Gasteiger charge is -2.23. The van der Waals surface area contributed by atoms with Crippen molar-refractivity contribution in [3.63, 3.8) is 0 Å². The van der Waals surface area contributed by atoms with E-state index in [4.69, 9.17) is 11.0 Å². The Morgan fingerprint density at radius 1 is 1.36 bits per heavy atom. The minimum absolute atomic E-state index is 0.0255. The first-order valence-electron chi connectivity index (χ1n) is 4.50. The van der Waals surface area contributed by atoms with Gasteiger partial charge in [-0.3, -0.25) is 0 Å². The maximum Gasteiger partial charge on any atom is 0.0992 e. The van der Waals surface area contributed by atoms with Gasteiger partial charge in [0.15, 0.2) is 0 Å². The average molecular weight is 189 g/mol. The number of hydrogen-bond donors (Lipinski definition) is 2. The Labute approximate surface area is 84.5 Å². The van der Waals surface area contributed by atoms with Crippen molar-refractivity contribution < 1.29 is 0 Å². The molecule has 0 aliphatic heterocycles. The highest BCUT2D eigenvalue weighted by Crippen LogP contribution is 2.22. The smallest absolute Gasteiger partial charge is 0.0992 e. The van der Waals surface area contributed by atoms with E-state index in [-0.39, 0.29) is 5.54 Å². The van der Waals surface area contributed by atoms with Crippen LogP contribution in [-0.2, 0) is 0 Å². The number of benzene rings is 1. The summed E-state index contributed by atoms with van der Waals surface area (Å²) in [4.78, 5) is 0. The Bertz CT molecular complexity index is 369. The third kappa shape index (κ3) is 2.67. The topological polar surface area (TPSA) is 61.8 Å². The van der Waals surface area contributed by atoms with Gasteiger partial charge in [-0.25, -0.2) is 0 Å². The fourth-order valence-corrected chi connectivity index (χ4v) is 1.15. The molecule has 0 atom stereocenters. The first-order valence-corrected chi connectivity index (χ1v) is 4.50. The number of anilines is 2. The van der Waals surface area contributed by atoms with Gasteiger partial charge in [0.1, 0.15) is 0 Å². The zero-order chi connectivity index (χ0) is 10.8. The normalized spacial score (nSPS) is 10.7. The molecule has 0 bridgehead atoms. The monoisotopic (exact) mass is 189 g/mol. The summed E-state index contributed by atoms with van der Waals surface area (Å²) in [5.74, 6) is 0. The molecule has 1 rings (SSSR count). The second-order valence-electron chi connectivity index (χ2n) is 4.29. The summed E-state index contributed by atoms with van der Waals surface area (Å²) >= 11 is 0. The molecule has 0 aliphatic carbocycles. The number of nitrogens with one attached hydrogen (secondary N) is 1. The van der Waals surface area contributed by atoms with E-state index in [9.17, 15) is 0 Å². The highest BCUT2D eigenvalue weighted by atomic mass is 15.0. The van der Waals surface area contributed by atoms with E-state index in [0.717, 1.165) is 5.69 Å². The van der Waals surface area contributed by atoms with Crippen LogP contribution in [0, 0.1) is 11.3 Å². The van der Waals surface area contributed by atoms with Crippen molar-refractivity contribution in [1.29, 1.82) is 5.26 Å². The van der Waals surface area contributed by atoms with Crippen LogP contribution in [0.25, 0.3) is 0 Å². The molecule has 0 saturated carbocycles. The standard InChI is InChI=1S/C11H15N3/c1-11(2,3)14-10-5-4-8(7-12)6-9(10)13/h4-6,14H,13H2,1-3H3. The summed E-state index contributed by atoms with van der Waals surface area (Å²) in [5, 5.41) is 11.9. The Morgan fingerprint density at radius 3 is 2.43 bits per heavy atom. The number of nitrogen functional groups attached to an aromatic ring is 1. The first-order chi connectivity index (χ1) is 6.42. The van der Waals surface area contributed by atoms with Crippen molar-refractivity contribution >= 4 is 11.4 Å². The largest absolute Gasteiger partial charge is 0.397 e. The molecule has 0 amide bonds. The van der Waals surface area contributed by atoms with Crippen LogP contribution in [0.3, 0.4) is 0 Å². The van der Waals surface area contributed by atoms with Crippen LogP contribution in [0.15, 0.2) is 18.2 Å². The summed E-state index contributed by atoms with van der Waals surface area (Å²) in [7, 11) is 0. The minimum Gasteiger partial charge on any atom is -0.397 e. The third-order valence-electron chi connectivity index (χ3n) is 1.69. The van der Waals surface area contributed by atoms with E-state index < -0.39 is 0 Å². The van der Waals surface area contributed by atoms with Crippen molar-refractivity contribution in [2.24, 2.45) is 0 Å². The number of nitrogens with two attached hydrogens (primary N) is 1. The van der Waals surface area contributed by atoms with E-state index in [0.29, 0.717) is 11.3 Å². The van der Waals surface area contributed by atoms with Crippen molar-refractivity contribution in [2.75, 3.05) is 11.1 Å². The van der Waals surface area contributed by atoms with E-state index in [1.807, 2.05) is 6.07 Å². The van der Waals surface area contributed by atoms with Gasteiger partial charge in [0.05, 0.1) is 23.0 Å². The van der Waals surface area contributed by atoms with E-state index in [1.54, 1.807) is 12.1 Å². The van der Waals surface area contributed by atoms with Crippen molar-refractivity contribution in [3.8, 4) is 6.07 Å². The second kappa shape index (κ2) is 3.59. The molecule has 3 N–H and O–H groups in total. The lowest BCUT2D eigenvalue weighted by Crippen LogP contribution is -2.26. The third-order valence-corrected chi connectivity index (χ3v) is 1.69. The summed E-state index contributed by atoms with van der Waals surface area (Å²) in [6, 6.07) is 7.31. The number of nitriles is 1. The highest BCUT2D eigenvalue weighted by Gasteiger charge is 2.11. The van der Waals surface area contributed by atoms with Crippen LogP contribution in [0.4, 0.5) is 11.4 Å². The minimum atomic E-state index is -0.0255. The molecule has 74 valence electrons. The van der Waals surface area contributed by atoms with E-state index in [2.05, 4.69) is 32.2 Å². The number of nitrogens with zero attached hydrogens (tertiary/aromatic N) is 1. The van der Waals surface area contributed by atoms with Crippen LogP contribution < -0.4 is 11.1 Å². The highest BCUT2D eigenvalue weighted by molar-refractivity contribution is 5.68. The predicted octanol–water partition coefficient (Wildman–Crippen LogP) is 2.35. The van der Waals surface area contributed by atoms with Gasteiger partial charge in [-0.1, -0.05) is 0 Å². The molecule has 1 aromatic rings. The van der Waals surface area contributed by atoms with Gasteiger partial charge in [0, 0.05) is 5.54 Å². The molecule has 14 heavy (non-hydrogen) atoms. The zero-order valence-electron chi connectivity index (χ0n) is 8.76. The lowest BCUT2D eigenvalue weighted by atomic mass is 10.1. The molecule has 0 aromatic heterocycles. The molecular formula is C11H15N3. The fourth-order valence-electron chi connectivity index (χ4n) is 1.15. The molecule has 0 heterocycles. The van der Waals surface area contributed by atoms with Gasteiger partial charge in [-0.2, -0.15) is 5.26 Å². The van der Waals surface area contributed by atoms with Gasteiger partial charge < -0.3 is 11.1 Å². The Balaban J connectivity index is 2.97. The molecule has 0 unspecified atom stereocenters. The first kappa shape index (κ1) is 10.4. The van der Waals surface area contributed by atoms with Gasteiger partial charge in [-0.05, 0) is 39.0 Å². The van der Waals surface area contributed by atoms with Gasteiger partial charge in [-0.15, -0.1) is 0 Å². The van der Waals surface area contributed by atoms with Crippen molar-refractivity contribution in [2.45, 2.75) is 26.3 Å². The molecular weight excluding hydrogens is 174 g/mol. The number of rotatable bonds is 1. The lowest BCUT2D eigenvalue weighted by molar-refractivity contribution is 0.634. The molecule has 0 spiro atoms. The average Bonchev–Trinajstić information content (AvgIpc) is 2.06. The quantitative estimate of drug-likeness (QED) is 0.666. The van der Waals surface area contributed by atoms with Gasteiger partial charge >= 0.3 is 0 Å². The fraction of sp³-hybridized carbons (Fsp3) is 0.364. The van der Waals surface area contributed by atoms with Gasteiger partial charge in [0.25, 0.3) is 0 Å². The molecule has 1 aromatic carbocycles.